The van der Waals surface area contributed by atoms with Crippen LogP contribution in [0.5, 0.6) is 0 Å². The van der Waals surface area contributed by atoms with Crippen molar-refractivity contribution in [1.29, 1.82) is 0 Å². The minimum atomic E-state index is -0.520. The number of carbonyl (C=O) groups excluding carboxylic acids is 2. The maximum atomic E-state index is 11.8. The average molecular weight is 249 g/mol. The molecule has 2 aliphatic rings. The van der Waals surface area contributed by atoms with Gasteiger partial charge in [0.25, 0.3) is 0 Å². The van der Waals surface area contributed by atoms with Gasteiger partial charge in [-0.2, -0.15) is 4.98 Å². The fraction of sp³-hybridized carbons (Fsp3) is 0.667. The van der Waals surface area contributed by atoms with Crippen LogP contribution in [0.1, 0.15) is 36.9 Å². The number of fused-ring (bicyclic) bond motifs is 2. The molecule has 1 N–H and O–H groups in total. The maximum absolute atomic E-state index is 11.8. The monoisotopic (exact) mass is 249 g/mol. The molecule has 0 spiro atoms. The molecule has 2 aliphatic heterocycles. The topological polar surface area (TPSA) is 85.1 Å². The van der Waals surface area contributed by atoms with Crippen molar-refractivity contribution >= 4 is 12.1 Å². The fourth-order valence-corrected chi connectivity index (χ4v) is 3.03. The highest BCUT2D eigenvalue weighted by Crippen LogP contribution is 2.36. The molecule has 1 aromatic rings. The van der Waals surface area contributed by atoms with Crippen molar-refractivity contribution in [2.75, 3.05) is 0 Å². The zero-order valence-corrected chi connectivity index (χ0v) is 10.1. The molecule has 0 saturated carbocycles. The van der Waals surface area contributed by atoms with Crippen molar-refractivity contribution < 1.29 is 14.1 Å². The van der Waals surface area contributed by atoms with E-state index in [2.05, 4.69) is 15.5 Å². The van der Waals surface area contributed by atoms with Gasteiger partial charge in [0, 0.05) is 24.4 Å². The molecule has 0 aliphatic carbocycles. The minimum absolute atomic E-state index is 0.0545. The average Bonchev–Trinajstić information content (AvgIpc) is 2.75. The molecule has 0 amide bonds. The second-order valence-corrected chi connectivity index (χ2v) is 5.15. The number of carbonyl (C=O) groups is 2. The number of hydrogen-bond donors (Lipinski definition) is 1. The van der Waals surface area contributed by atoms with Crippen LogP contribution in [0.15, 0.2) is 4.52 Å². The molecule has 6 nitrogen and oxygen atoms in total. The standard InChI is InChI=1S/C12H15N3O3/c1-6-13-12(18-15-6)7-2-8-4-11(17)9(5-16)10(3-7)14-8/h5,7-10,14H,2-4H2,1H3. The molecule has 0 radical (unpaired) electrons. The summed E-state index contributed by atoms with van der Waals surface area (Å²) in [4.78, 5) is 27.0. The van der Waals surface area contributed by atoms with Crippen LogP contribution in [-0.2, 0) is 9.59 Å². The van der Waals surface area contributed by atoms with Crippen LogP contribution < -0.4 is 5.32 Å². The van der Waals surface area contributed by atoms with Gasteiger partial charge in [0.05, 0.1) is 5.92 Å². The summed E-state index contributed by atoms with van der Waals surface area (Å²) in [5.41, 5.74) is 0. The molecule has 3 heterocycles. The lowest BCUT2D eigenvalue weighted by molar-refractivity contribution is -0.132. The highest BCUT2D eigenvalue weighted by atomic mass is 16.5. The van der Waals surface area contributed by atoms with E-state index in [1.807, 2.05) is 0 Å². The Bertz CT molecular complexity index is 485. The Morgan fingerprint density at radius 1 is 1.44 bits per heavy atom. The van der Waals surface area contributed by atoms with E-state index in [1.54, 1.807) is 6.92 Å². The van der Waals surface area contributed by atoms with Gasteiger partial charge in [-0.1, -0.05) is 5.16 Å². The van der Waals surface area contributed by atoms with E-state index in [0.29, 0.717) is 24.6 Å². The lowest BCUT2D eigenvalue weighted by Gasteiger charge is -2.41. The molecule has 4 unspecified atom stereocenters. The summed E-state index contributed by atoms with van der Waals surface area (Å²) in [5, 5.41) is 7.15. The Labute approximate surface area is 104 Å². The van der Waals surface area contributed by atoms with Crippen molar-refractivity contribution in [3.05, 3.63) is 11.7 Å². The number of Topliss-reactive ketones (excluding diaryl/α,β-unsaturated/α-hetero) is 1. The smallest absolute Gasteiger partial charge is 0.229 e. The Morgan fingerprint density at radius 3 is 2.94 bits per heavy atom. The first-order chi connectivity index (χ1) is 8.67. The van der Waals surface area contributed by atoms with Gasteiger partial charge in [0.15, 0.2) is 5.82 Å². The molecule has 2 fully saturated rings. The zero-order valence-electron chi connectivity index (χ0n) is 10.1. The van der Waals surface area contributed by atoms with Gasteiger partial charge in [0.1, 0.15) is 12.1 Å². The Hall–Kier alpha value is -1.56. The Balaban J connectivity index is 1.82. The molecule has 1 aromatic heterocycles. The molecule has 3 rings (SSSR count). The minimum Gasteiger partial charge on any atom is -0.339 e. The summed E-state index contributed by atoms with van der Waals surface area (Å²) in [6, 6.07) is 0.0457. The molecule has 2 saturated heterocycles. The number of hydrogen-bond acceptors (Lipinski definition) is 6. The summed E-state index contributed by atoms with van der Waals surface area (Å²) in [6.07, 6.45) is 2.70. The van der Waals surface area contributed by atoms with Gasteiger partial charge in [-0.3, -0.25) is 4.79 Å². The third-order valence-electron chi connectivity index (χ3n) is 3.85. The SMILES string of the molecule is Cc1noc(C2CC3CC(=O)C(C=O)C(C2)N3)n1. The molecule has 18 heavy (non-hydrogen) atoms. The normalized spacial score (nSPS) is 35.5. The summed E-state index contributed by atoms with van der Waals surface area (Å²) in [7, 11) is 0. The van der Waals surface area contributed by atoms with Crippen molar-refractivity contribution in [2.24, 2.45) is 5.92 Å². The lowest BCUT2D eigenvalue weighted by Crippen LogP contribution is -2.56. The highest BCUT2D eigenvalue weighted by molar-refractivity contribution is 5.95. The number of aryl methyl sites for hydroxylation is 1. The summed E-state index contributed by atoms with van der Waals surface area (Å²) in [5.74, 6) is 0.935. The Kier molecular flexibility index (Phi) is 2.74. The van der Waals surface area contributed by atoms with Gasteiger partial charge in [-0.15, -0.1) is 0 Å². The number of nitrogens with one attached hydrogen (secondary N) is 1. The van der Waals surface area contributed by atoms with Crippen molar-refractivity contribution in [3.63, 3.8) is 0 Å². The van der Waals surface area contributed by atoms with E-state index >= 15 is 0 Å². The first-order valence-electron chi connectivity index (χ1n) is 6.21. The van der Waals surface area contributed by atoms with Crippen LogP contribution in [0.4, 0.5) is 0 Å². The van der Waals surface area contributed by atoms with Crippen LogP contribution >= 0.6 is 0 Å². The van der Waals surface area contributed by atoms with Gasteiger partial charge >= 0.3 is 0 Å². The number of aldehydes is 1. The molecular formula is C12H15N3O3. The summed E-state index contributed by atoms with van der Waals surface area (Å²) < 4.78 is 5.20. The van der Waals surface area contributed by atoms with Crippen LogP contribution in [0.2, 0.25) is 0 Å². The van der Waals surface area contributed by atoms with Gasteiger partial charge in [0.2, 0.25) is 5.89 Å². The Morgan fingerprint density at radius 2 is 2.28 bits per heavy atom. The predicted molar refractivity (Wildman–Crippen MR) is 60.9 cm³/mol. The highest BCUT2D eigenvalue weighted by Gasteiger charge is 2.43. The van der Waals surface area contributed by atoms with E-state index in [-0.39, 0.29) is 23.8 Å². The number of ketones is 1. The first-order valence-corrected chi connectivity index (χ1v) is 6.21. The number of rotatable bonds is 2. The molecule has 6 heteroatoms. The van der Waals surface area contributed by atoms with E-state index in [9.17, 15) is 9.59 Å². The third-order valence-corrected chi connectivity index (χ3v) is 3.85. The first kappa shape index (κ1) is 11.5. The van der Waals surface area contributed by atoms with E-state index in [4.69, 9.17) is 4.52 Å². The largest absolute Gasteiger partial charge is 0.339 e. The summed E-state index contributed by atoms with van der Waals surface area (Å²) >= 11 is 0. The molecular weight excluding hydrogens is 234 g/mol. The predicted octanol–water partition coefficient (Wildman–Crippen LogP) is 0.370. The van der Waals surface area contributed by atoms with E-state index < -0.39 is 5.92 Å². The lowest BCUT2D eigenvalue weighted by atomic mass is 9.74. The van der Waals surface area contributed by atoms with Gasteiger partial charge < -0.3 is 14.6 Å². The number of piperidine rings is 2. The van der Waals surface area contributed by atoms with Crippen molar-refractivity contribution in [1.82, 2.24) is 15.5 Å². The fourth-order valence-electron chi connectivity index (χ4n) is 3.03. The van der Waals surface area contributed by atoms with E-state index in [1.165, 1.54) is 0 Å². The number of nitrogens with zero attached hydrogens (tertiary/aromatic N) is 2. The van der Waals surface area contributed by atoms with Crippen molar-refractivity contribution in [3.8, 4) is 0 Å². The van der Waals surface area contributed by atoms with Crippen LogP contribution in [0.25, 0.3) is 0 Å². The zero-order chi connectivity index (χ0) is 12.7. The van der Waals surface area contributed by atoms with Gasteiger partial charge in [-0.25, -0.2) is 0 Å². The quantitative estimate of drug-likeness (QED) is 0.602. The molecule has 4 atom stereocenters. The maximum Gasteiger partial charge on any atom is 0.229 e. The van der Waals surface area contributed by atoms with E-state index in [0.717, 1.165) is 12.7 Å². The number of aromatic nitrogens is 2. The molecule has 0 aromatic carbocycles. The molecule has 2 bridgehead atoms. The summed E-state index contributed by atoms with van der Waals surface area (Å²) in [6.45, 7) is 1.78. The third kappa shape index (κ3) is 1.86. The van der Waals surface area contributed by atoms with Crippen molar-refractivity contribution in [2.45, 2.75) is 44.2 Å². The van der Waals surface area contributed by atoms with Crippen LogP contribution in [-0.4, -0.2) is 34.3 Å². The van der Waals surface area contributed by atoms with Gasteiger partial charge in [-0.05, 0) is 19.8 Å². The van der Waals surface area contributed by atoms with Crippen LogP contribution in [0.3, 0.4) is 0 Å². The van der Waals surface area contributed by atoms with Crippen LogP contribution in [0, 0.1) is 12.8 Å². The second kappa shape index (κ2) is 4.28. The second-order valence-electron chi connectivity index (χ2n) is 5.15. The molecule has 96 valence electrons.